The molecular weight excluding hydrogens is 316 g/mol. The second-order valence-corrected chi connectivity index (χ2v) is 5.71. The van der Waals surface area contributed by atoms with E-state index in [4.69, 9.17) is 14.2 Å². The summed E-state index contributed by atoms with van der Waals surface area (Å²) in [6.07, 6.45) is 1.90. The monoisotopic (exact) mass is 334 g/mol. The van der Waals surface area contributed by atoms with Gasteiger partial charge in [0.1, 0.15) is 0 Å². The summed E-state index contributed by atoms with van der Waals surface area (Å²) in [5, 5.41) is 8.48. The van der Waals surface area contributed by atoms with E-state index in [0.29, 0.717) is 18.1 Å². The molecule has 0 atom stereocenters. The largest absolute Gasteiger partial charge is 0.493 e. The molecule has 0 aliphatic rings. The molecule has 0 saturated carbocycles. The van der Waals surface area contributed by atoms with Crippen LogP contribution in [0.25, 0.3) is 16.2 Å². The van der Waals surface area contributed by atoms with Crippen LogP contribution in [-0.2, 0) is 4.74 Å². The molecule has 122 valence electrons. The van der Waals surface area contributed by atoms with Crippen LogP contribution in [0.4, 0.5) is 5.13 Å². The topological polar surface area (TPSA) is 69.9 Å². The van der Waals surface area contributed by atoms with E-state index in [1.165, 1.54) is 11.3 Å². The van der Waals surface area contributed by atoms with Gasteiger partial charge in [0, 0.05) is 19.2 Å². The summed E-state index contributed by atoms with van der Waals surface area (Å²) in [4.78, 5) is 5.44. The summed E-state index contributed by atoms with van der Waals surface area (Å²) >= 11 is 1.50. The average molecular weight is 334 g/mol. The first kappa shape index (κ1) is 15.6. The van der Waals surface area contributed by atoms with Gasteiger partial charge < -0.3 is 19.5 Å². The minimum atomic E-state index is 0.638. The van der Waals surface area contributed by atoms with Gasteiger partial charge in [-0.05, 0) is 18.2 Å². The lowest BCUT2D eigenvalue weighted by Crippen LogP contribution is -2.07. The fourth-order valence-electron chi connectivity index (χ4n) is 2.17. The van der Waals surface area contributed by atoms with Crippen molar-refractivity contribution in [1.29, 1.82) is 0 Å². The smallest absolute Gasteiger partial charge is 0.214 e. The molecule has 23 heavy (non-hydrogen) atoms. The highest BCUT2D eigenvalue weighted by Crippen LogP contribution is 2.32. The fourth-order valence-corrected chi connectivity index (χ4v) is 2.97. The third-order valence-corrected chi connectivity index (χ3v) is 4.19. The highest BCUT2D eigenvalue weighted by Gasteiger charge is 2.12. The summed E-state index contributed by atoms with van der Waals surface area (Å²) in [6, 6.07) is 5.72. The van der Waals surface area contributed by atoms with Crippen LogP contribution in [0.2, 0.25) is 0 Å². The van der Waals surface area contributed by atoms with Gasteiger partial charge in [0.15, 0.2) is 11.5 Å². The molecule has 0 radical (unpaired) electrons. The maximum atomic E-state index is 5.33. The number of benzene rings is 1. The molecule has 0 spiro atoms. The standard InChI is InChI=1S/C15H18N4O3S/c1-20-7-6-16-14-18-19-9-11(17-15(19)23-14)10-4-5-12(21-2)13(8-10)22-3/h4-5,8-9H,6-7H2,1-3H3,(H,16,18). The molecule has 0 bridgehead atoms. The molecule has 8 heteroatoms. The number of rotatable bonds is 7. The highest BCUT2D eigenvalue weighted by atomic mass is 32.1. The molecule has 0 saturated heterocycles. The molecule has 0 aliphatic heterocycles. The van der Waals surface area contributed by atoms with Crippen LogP contribution in [0.15, 0.2) is 24.4 Å². The van der Waals surface area contributed by atoms with Crippen LogP contribution in [0.1, 0.15) is 0 Å². The van der Waals surface area contributed by atoms with Crippen molar-refractivity contribution in [2.45, 2.75) is 0 Å². The van der Waals surface area contributed by atoms with E-state index in [9.17, 15) is 0 Å². The zero-order valence-corrected chi connectivity index (χ0v) is 14.0. The quantitative estimate of drug-likeness (QED) is 0.670. The molecule has 0 amide bonds. The minimum Gasteiger partial charge on any atom is -0.493 e. The number of imidazole rings is 1. The van der Waals surface area contributed by atoms with E-state index in [-0.39, 0.29) is 0 Å². The van der Waals surface area contributed by atoms with Crippen molar-refractivity contribution in [3.63, 3.8) is 0 Å². The predicted octanol–water partition coefficient (Wildman–Crippen LogP) is 2.53. The molecule has 0 fully saturated rings. The van der Waals surface area contributed by atoms with Gasteiger partial charge in [-0.3, -0.25) is 0 Å². The Kier molecular flexibility index (Phi) is 4.63. The first-order valence-electron chi connectivity index (χ1n) is 7.06. The number of aromatic nitrogens is 3. The highest BCUT2D eigenvalue weighted by molar-refractivity contribution is 7.20. The van der Waals surface area contributed by atoms with Crippen LogP contribution in [0.5, 0.6) is 11.5 Å². The van der Waals surface area contributed by atoms with Gasteiger partial charge in [0.25, 0.3) is 0 Å². The third kappa shape index (κ3) is 3.22. The molecule has 2 heterocycles. The minimum absolute atomic E-state index is 0.638. The Bertz CT molecular complexity index is 768. The Morgan fingerprint density at radius 2 is 2.00 bits per heavy atom. The van der Waals surface area contributed by atoms with Gasteiger partial charge >= 0.3 is 0 Å². The van der Waals surface area contributed by atoms with E-state index < -0.39 is 0 Å². The van der Waals surface area contributed by atoms with E-state index >= 15 is 0 Å². The first-order valence-corrected chi connectivity index (χ1v) is 7.88. The van der Waals surface area contributed by atoms with E-state index in [1.54, 1.807) is 25.8 Å². The molecule has 7 nitrogen and oxygen atoms in total. The van der Waals surface area contributed by atoms with Gasteiger partial charge in [-0.1, -0.05) is 11.3 Å². The van der Waals surface area contributed by atoms with Gasteiger partial charge in [0.2, 0.25) is 10.1 Å². The van der Waals surface area contributed by atoms with Gasteiger partial charge in [-0.15, -0.1) is 5.10 Å². The summed E-state index contributed by atoms with van der Waals surface area (Å²) in [5.41, 5.74) is 1.79. The molecule has 3 rings (SSSR count). The maximum Gasteiger partial charge on any atom is 0.214 e. The molecule has 1 N–H and O–H groups in total. The Balaban J connectivity index is 1.84. The molecule has 2 aromatic heterocycles. The maximum absolute atomic E-state index is 5.33. The van der Waals surface area contributed by atoms with E-state index in [0.717, 1.165) is 27.9 Å². The third-order valence-electron chi connectivity index (χ3n) is 3.30. The number of methoxy groups -OCH3 is 3. The van der Waals surface area contributed by atoms with Crippen molar-refractivity contribution >= 4 is 21.4 Å². The first-order chi connectivity index (χ1) is 11.2. The van der Waals surface area contributed by atoms with Crippen molar-refractivity contribution in [3.8, 4) is 22.8 Å². The van der Waals surface area contributed by atoms with E-state index in [2.05, 4.69) is 15.4 Å². The molecule has 1 aromatic carbocycles. The van der Waals surface area contributed by atoms with Crippen LogP contribution >= 0.6 is 11.3 Å². The number of hydrogen-bond acceptors (Lipinski definition) is 7. The molecular formula is C15H18N4O3S. The number of hydrogen-bond donors (Lipinski definition) is 1. The zero-order chi connectivity index (χ0) is 16.2. The lowest BCUT2D eigenvalue weighted by Gasteiger charge is -2.08. The van der Waals surface area contributed by atoms with Crippen molar-refractivity contribution in [1.82, 2.24) is 14.6 Å². The van der Waals surface area contributed by atoms with Crippen molar-refractivity contribution in [2.75, 3.05) is 39.8 Å². The second-order valence-electron chi connectivity index (χ2n) is 4.75. The number of ether oxygens (including phenoxy) is 3. The van der Waals surface area contributed by atoms with Crippen molar-refractivity contribution in [2.24, 2.45) is 0 Å². The fraction of sp³-hybridized carbons (Fsp3) is 0.333. The Morgan fingerprint density at radius 1 is 1.17 bits per heavy atom. The van der Waals surface area contributed by atoms with Crippen LogP contribution < -0.4 is 14.8 Å². The Labute approximate surface area is 137 Å². The molecule has 0 unspecified atom stereocenters. The lowest BCUT2D eigenvalue weighted by molar-refractivity contribution is 0.210. The van der Waals surface area contributed by atoms with Crippen LogP contribution in [-0.4, -0.2) is 49.1 Å². The van der Waals surface area contributed by atoms with Gasteiger partial charge in [0.05, 0.1) is 32.7 Å². The number of fused-ring (bicyclic) bond motifs is 1. The Hall–Kier alpha value is -2.32. The Morgan fingerprint density at radius 3 is 2.70 bits per heavy atom. The normalized spacial score (nSPS) is 10.9. The van der Waals surface area contributed by atoms with Crippen LogP contribution in [0.3, 0.4) is 0 Å². The van der Waals surface area contributed by atoms with Crippen LogP contribution in [0, 0.1) is 0 Å². The molecule has 3 aromatic rings. The summed E-state index contributed by atoms with van der Waals surface area (Å²) in [6.45, 7) is 1.36. The van der Waals surface area contributed by atoms with Gasteiger partial charge in [-0.25, -0.2) is 9.50 Å². The summed E-state index contributed by atoms with van der Waals surface area (Å²) in [7, 11) is 4.91. The lowest BCUT2D eigenvalue weighted by atomic mass is 10.1. The molecule has 0 aliphatic carbocycles. The number of nitrogens with zero attached hydrogens (tertiary/aromatic N) is 3. The average Bonchev–Trinajstić information content (AvgIpc) is 3.13. The summed E-state index contributed by atoms with van der Waals surface area (Å²) in [5.74, 6) is 1.37. The van der Waals surface area contributed by atoms with Crippen molar-refractivity contribution < 1.29 is 14.2 Å². The number of nitrogens with one attached hydrogen (secondary N) is 1. The van der Waals surface area contributed by atoms with Crippen molar-refractivity contribution in [3.05, 3.63) is 24.4 Å². The SMILES string of the molecule is COCCNc1nn2cc(-c3ccc(OC)c(OC)c3)nc2s1. The summed E-state index contributed by atoms with van der Waals surface area (Å²) < 4.78 is 17.4. The second kappa shape index (κ2) is 6.84. The zero-order valence-electron chi connectivity index (χ0n) is 13.2. The van der Waals surface area contributed by atoms with Gasteiger partial charge in [-0.2, -0.15) is 0 Å². The predicted molar refractivity (Wildman–Crippen MR) is 89.8 cm³/mol. The number of anilines is 1. The van der Waals surface area contributed by atoms with E-state index in [1.807, 2.05) is 24.4 Å².